The second kappa shape index (κ2) is 5.96. The predicted octanol–water partition coefficient (Wildman–Crippen LogP) is 2.25. The van der Waals surface area contributed by atoms with E-state index in [2.05, 4.69) is 35.7 Å². The van der Waals surface area contributed by atoms with Gasteiger partial charge in [-0.1, -0.05) is 0 Å². The van der Waals surface area contributed by atoms with E-state index in [1.807, 2.05) is 0 Å². The summed E-state index contributed by atoms with van der Waals surface area (Å²) in [6.07, 6.45) is 2.76. The predicted molar refractivity (Wildman–Crippen MR) is 72.3 cm³/mol. The molecule has 96 valence electrons. The van der Waals surface area contributed by atoms with Crippen molar-refractivity contribution in [1.29, 1.82) is 0 Å². The van der Waals surface area contributed by atoms with E-state index in [4.69, 9.17) is 10.5 Å². The fraction of sp³-hybridized carbons (Fsp3) is 0.692. The lowest BCUT2D eigenvalue weighted by Crippen LogP contribution is -2.40. The first-order chi connectivity index (χ1) is 8.18. The van der Waals surface area contributed by atoms with Crippen LogP contribution in [0.2, 0.25) is 0 Å². The summed E-state index contributed by atoms with van der Waals surface area (Å²) in [4.78, 5) is 2.34. The Hall–Kier alpha value is -0.420. The standard InChI is InChI=1S/C13H22N2OS/c1-10(14)13(11-5-7-17-9-11)15(2)8-12-4-3-6-16-12/h5,7,9-10,12-13H,3-4,6,8,14H2,1-2H3. The summed E-state index contributed by atoms with van der Waals surface area (Å²) in [5, 5.41) is 4.31. The molecule has 17 heavy (non-hydrogen) atoms. The van der Waals surface area contributed by atoms with E-state index in [9.17, 15) is 0 Å². The van der Waals surface area contributed by atoms with Gasteiger partial charge in [-0.15, -0.1) is 0 Å². The van der Waals surface area contributed by atoms with Crippen LogP contribution in [-0.4, -0.2) is 37.2 Å². The Bertz CT molecular complexity index is 320. The van der Waals surface area contributed by atoms with Gasteiger partial charge in [-0.05, 0) is 49.2 Å². The molecule has 1 saturated heterocycles. The molecule has 1 aliphatic heterocycles. The third kappa shape index (κ3) is 3.28. The van der Waals surface area contributed by atoms with Gasteiger partial charge in [0.25, 0.3) is 0 Å². The monoisotopic (exact) mass is 254 g/mol. The summed E-state index contributed by atoms with van der Waals surface area (Å²) >= 11 is 1.73. The first kappa shape index (κ1) is 13.0. The van der Waals surface area contributed by atoms with E-state index < -0.39 is 0 Å². The molecule has 0 spiro atoms. The van der Waals surface area contributed by atoms with Crippen molar-refractivity contribution in [3.8, 4) is 0 Å². The molecule has 3 unspecified atom stereocenters. The van der Waals surface area contributed by atoms with Crippen molar-refractivity contribution in [2.45, 2.75) is 38.0 Å². The van der Waals surface area contributed by atoms with Gasteiger partial charge in [-0.25, -0.2) is 0 Å². The number of nitrogens with zero attached hydrogens (tertiary/aromatic N) is 1. The van der Waals surface area contributed by atoms with Crippen LogP contribution in [0.1, 0.15) is 31.4 Å². The summed E-state index contributed by atoms with van der Waals surface area (Å²) < 4.78 is 5.69. The van der Waals surface area contributed by atoms with Crippen molar-refractivity contribution in [2.24, 2.45) is 5.73 Å². The minimum atomic E-state index is 0.135. The molecule has 1 aromatic heterocycles. The maximum atomic E-state index is 6.13. The molecule has 0 amide bonds. The molecule has 0 saturated carbocycles. The quantitative estimate of drug-likeness (QED) is 0.876. The van der Waals surface area contributed by atoms with E-state index in [1.54, 1.807) is 11.3 Å². The normalized spacial score (nSPS) is 24.1. The van der Waals surface area contributed by atoms with Crippen LogP contribution in [0.25, 0.3) is 0 Å². The molecule has 1 fully saturated rings. The SMILES string of the molecule is CC(N)C(c1ccsc1)N(C)CC1CCCO1. The Morgan fingerprint density at radius 1 is 1.65 bits per heavy atom. The van der Waals surface area contributed by atoms with Gasteiger partial charge in [-0.2, -0.15) is 11.3 Å². The summed E-state index contributed by atoms with van der Waals surface area (Å²) in [5.41, 5.74) is 7.45. The molecule has 1 aromatic rings. The summed E-state index contributed by atoms with van der Waals surface area (Å²) in [6.45, 7) is 3.97. The second-order valence-electron chi connectivity index (χ2n) is 4.94. The molecular formula is C13H22N2OS. The Morgan fingerprint density at radius 3 is 3.00 bits per heavy atom. The van der Waals surface area contributed by atoms with Crippen molar-refractivity contribution in [2.75, 3.05) is 20.2 Å². The summed E-state index contributed by atoms with van der Waals surface area (Å²) in [6, 6.07) is 2.60. The molecule has 0 radical (unpaired) electrons. The highest BCUT2D eigenvalue weighted by molar-refractivity contribution is 7.07. The van der Waals surface area contributed by atoms with Crippen LogP contribution in [0, 0.1) is 0 Å². The van der Waals surface area contributed by atoms with Gasteiger partial charge in [0, 0.05) is 19.2 Å². The van der Waals surface area contributed by atoms with E-state index in [-0.39, 0.29) is 6.04 Å². The van der Waals surface area contributed by atoms with Gasteiger partial charge in [-0.3, -0.25) is 4.90 Å². The third-order valence-electron chi connectivity index (χ3n) is 3.37. The van der Waals surface area contributed by atoms with Gasteiger partial charge in [0.05, 0.1) is 12.1 Å². The van der Waals surface area contributed by atoms with E-state index >= 15 is 0 Å². The van der Waals surface area contributed by atoms with Crippen LogP contribution in [0.15, 0.2) is 16.8 Å². The lowest BCUT2D eigenvalue weighted by molar-refractivity contribution is 0.0643. The fourth-order valence-corrected chi connectivity index (χ4v) is 3.32. The molecular weight excluding hydrogens is 232 g/mol. The van der Waals surface area contributed by atoms with Crippen molar-refractivity contribution in [3.05, 3.63) is 22.4 Å². The number of rotatable bonds is 5. The number of hydrogen-bond donors (Lipinski definition) is 1. The molecule has 2 rings (SSSR count). The number of ether oxygens (including phenoxy) is 1. The largest absolute Gasteiger partial charge is 0.377 e. The molecule has 2 N–H and O–H groups in total. The fourth-order valence-electron chi connectivity index (χ4n) is 2.63. The van der Waals surface area contributed by atoms with Crippen LogP contribution in [-0.2, 0) is 4.74 Å². The van der Waals surface area contributed by atoms with Crippen molar-refractivity contribution in [1.82, 2.24) is 4.90 Å². The van der Waals surface area contributed by atoms with Crippen LogP contribution in [0.3, 0.4) is 0 Å². The molecule has 3 nitrogen and oxygen atoms in total. The molecule has 0 aromatic carbocycles. The summed E-state index contributed by atoms with van der Waals surface area (Å²) in [7, 11) is 2.15. The zero-order chi connectivity index (χ0) is 12.3. The molecule has 2 heterocycles. The Balaban J connectivity index is 2.00. The maximum absolute atomic E-state index is 6.13. The van der Waals surface area contributed by atoms with Gasteiger partial charge >= 0.3 is 0 Å². The molecule has 0 aliphatic carbocycles. The Morgan fingerprint density at radius 2 is 2.47 bits per heavy atom. The van der Waals surface area contributed by atoms with Crippen LogP contribution in [0.5, 0.6) is 0 Å². The van der Waals surface area contributed by atoms with Gasteiger partial charge in [0.2, 0.25) is 0 Å². The number of likely N-dealkylation sites (N-methyl/N-ethyl adjacent to an activating group) is 1. The van der Waals surface area contributed by atoms with Crippen LogP contribution in [0.4, 0.5) is 0 Å². The van der Waals surface area contributed by atoms with Gasteiger partial charge < -0.3 is 10.5 Å². The lowest BCUT2D eigenvalue weighted by atomic mass is 10.0. The van der Waals surface area contributed by atoms with Crippen molar-refractivity contribution >= 4 is 11.3 Å². The molecule has 4 heteroatoms. The topological polar surface area (TPSA) is 38.5 Å². The third-order valence-corrected chi connectivity index (χ3v) is 4.07. The number of thiophene rings is 1. The van der Waals surface area contributed by atoms with Crippen molar-refractivity contribution in [3.63, 3.8) is 0 Å². The zero-order valence-electron chi connectivity index (χ0n) is 10.6. The van der Waals surface area contributed by atoms with E-state index in [0.717, 1.165) is 13.2 Å². The first-order valence-electron chi connectivity index (χ1n) is 6.28. The summed E-state index contributed by atoms with van der Waals surface area (Å²) in [5.74, 6) is 0. The van der Waals surface area contributed by atoms with Gasteiger partial charge in [0.1, 0.15) is 0 Å². The molecule has 1 aliphatic rings. The minimum Gasteiger partial charge on any atom is -0.377 e. The van der Waals surface area contributed by atoms with E-state index in [0.29, 0.717) is 12.1 Å². The Labute approximate surface area is 108 Å². The van der Waals surface area contributed by atoms with E-state index in [1.165, 1.54) is 18.4 Å². The van der Waals surface area contributed by atoms with Gasteiger partial charge in [0.15, 0.2) is 0 Å². The van der Waals surface area contributed by atoms with Crippen LogP contribution < -0.4 is 5.73 Å². The second-order valence-corrected chi connectivity index (χ2v) is 5.72. The van der Waals surface area contributed by atoms with Crippen LogP contribution >= 0.6 is 11.3 Å². The average molecular weight is 254 g/mol. The zero-order valence-corrected chi connectivity index (χ0v) is 11.5. The molecule has 3 atom stereocenters. The number of hydrogen-bond acceptors (Lipinski definition) is 4. The highest BCUT2D eigenvalue weighted by Gasteiger charge is 2.25. The number of nitrogens with two attached hydrogens (primary N) is 1. The van der Waals surface area contributed by atoms with Crippen molar-refractivity contribution < 1.29 is 4.74 Å². The first-order valence-corrected chi connectivity index (χ1v) is 7.22. The average Bonchev–Trinajstić information content (AvgIpc) is 2.89. The highest BCUT2D eigenvalue weighted by Crippen LogP contribution is 2.26. The highest BCUT2D eigenvalue weighted by atomic mass is 32.1. The lowest BCUT2D eigenvalue weighted by Gasteiger charge is -2.32. The minimum absolute atomic E-state index is 0.135. The Kier molecular flexibility index (Phi) is 4.56. The smallest absolute Gasteiger partial charge is 0.0702 e. The molecule has 0 bridgehead atoms. The maximum Gasteiger partial charge on any atom is 0.0702 e.